The average molecular weight is 467 g/mol. The van der Waals surface area contributed by atoms with Crippen LogP contribution in [0.2, 0.25) is 0 Å². The number of ether oxygens (including phenoxy) is 1. The molecule has 0 spiro atoms. The number of benzene rings is 2. The lowest BCUT2D eigenvalue weighted by Gasteiger charge is -2.38. The van der Waals surface area contributed by atoms with Crippen LogP contribution in [0.25, 0.3) is 0 Å². The Hall–Kier alpha value is -3.39. The van der Waals surface area contributed by atoms with Crippen LogP contribution in [0.5, 0.6) is 0 Å². The topological polar surface area (TPSA) is 73.9 Å². The molecule has 2 aliphatic rings. The van der Waals surface area contributed by atoms with Crippen molar-refractivity contribution in [2.75, 3.05) is 44.2 Å². The molecule has 1 saturated heterocycles. The first-order valence-corrected chi connectivity index (χ1v) is 11.6. The number of rotatable bonds is 6. The molecule has 4 rings (SSSR count). The van der Waals surface area contributed by atoms with Crippen molar-refractivity contribution in [3.05, 3.63) is 76.2 Å². The molecular weight excluding hydrogens is 435 g/mol. The van der Waals surface area contributed by atoms with Gasteiger partial charge in [0.1, 0.15) is 5.82 Å². The number of amides is 2. The second-order valence-electron chi connectivity index (χ2n) is 8.75. The molecule has 2 aliphatic heterocycles. The molecule has 2 aromatic carbocycles. The zero-order valence-electron chi connectivity index (χ0n) is 19.9. The molecule has 180 valence electrons. The van der Waals surface area contributed by atoms with Crippen molar-refractivity contribution in [3.63, 3.8) is 0 Å². The zero-order valence-corrected chi connectivity index (χ0v) is 19.9. The molecule has 2 amide bonds. The Labute approximate surface area is 199 Å². The largest absolute Gasteiger partial charge is 0.463 e. The molecule has 0 bridgehead atoms. The van der Waals surface area contributed by atoms with E-state index in [1.807, 2.05) is 0 Å². The van der Waals surface area contributed by atoms with Gasteiger partial charge in [0.2, 0.25) is 0 Å². The molecular formula is C26H31FN4O3. The van der Waals surface area contributed by atoms with E-state index in [1.165, 1.54) is 28.9 Å². The molecule has 34 heavy (non-hydrogen) atoms. The summed E-state index contributed by atoms with van der Waals surface area (Å²) in [7, 11) is 0. The van der Waals surface area contributed by atoms with E-state index < -0.39 is 18.0 Å². The minimum atomic E-state index is -0.708. The second-order valence-corrected chi connectivity index (χ2v) is 8.75. The van der Waals surface area contributed by atoms with E-state index in [9.17, 15) is 14.0 Å². The van der Waals surface area contributed by atoms with Gasteiger partial charge in [-0.15, -0.1) is 0 Å². The summed E-state index contributed by atoms with van der Waals surface area (Å²) in [6.45, 7) is 9.87. The smallest absolute Gasteiger partial charge is 0.338 e. The average Bonchev–Trinajstić information content (AvgIpc) is 2.80. The lowest BCUT2D eigenvalue weighted by molar-refractivity contribution is -0.139. The molecule has 0 aliphatic carbocycles. The highest BCUT2D eigenvalue weighted by Gasteiger charge is 2.34. The molecule has 8 heteroatoms. The van der Waals surface area contributed by atoms with Crippen LogP contribution in [-0.2, 0) is 9.53 Å². The maximum absolute atomic E-state index is 13.5. The number of hydrogen-bond donors (Lipinski definition) is 2. The van der Waals surface area contributed by atoms with E-state index in [4.69, 9.17) is 4.74 Å². The Morgan fingerprint density at radius 2 is 1.79 bits per heavy atom. The van der Waals surface area contributed by atoms with Gasteiger partial charge < -0.3 is 20.3 Å². The summed E-state index contributed by atoms with van der Waals surface area (Å²) in [5.41, 5.74) is 5.24. The number of carbonyl (C=O) groups is 2. The van der Waals surface area contributed by atoms with Crippen molar-refractivity contribution in [3.8, 4) is 0 Å². The summed E-state index contributed by atoms with van der Waals surface area (Å²) >= 11 is 0. The first-order chi connectivity index (χ1) is 16.4. The molecule has 1 atom stereocenters. The Bertz CT molecular complexity index is 1090. The molecule has 0 saturated carbocycles. The lowest BCUT2D eigenvalue weighted by atomic mass is 9.95. The maximum Gasteiger partial charge on any atom is 0.338 e. The number of halogens is 1. The second kappa shape index (κ2) is 10.3. The number of nitrogens with one attached hydrogen (secondary N) is 2. The highest BCUT2D eigenvalue weighted by molar-refractivity contribution is 5.95. The summed E-state index contributed by atoms with van der Waals surface area (Å²) in [6, 6.07) is 11.2. The van der Waals surface area contributed by atoms with E-state index in [-0.39, 0.29) is 12.4 Å². The van der Waals surface area contributed by atoms with Crippen LogP contribution < -0.4 is 15.5 Å². The Kier molecular flexibility index (Phi) is 7.17. The molecule has 7 nitrogen and oxygen atoms in total. The van der Waals surface area contributed by atoms with E-state index in [0.717, 1.165) is 26.2 Å². The maximum atomic E-state index is 13.5. The summed E-state index contributed by atoms with van der Waals surface area (Å²) < 4.78 is 18.8. The molecule has 0 radical (unpaired) electrons. The van der Waals surface area contributed by atoms with Crippen LogP contribution in [0.3, 0.4) is 0 Å². The van der Waals surface area contributed by atoms with E-state index in [0.29, 0.717) is 23.4 Å². The predicted molar refractivity (Wildman–Crippen MR) is 129 cm³/mol. The van der Waals surface area contributed by atoms with Crippen LogP contribution in [-0.4, -0.2) is 56.2 Å². The molecule has 2 N–H and O–H groups in total. The number of aryl methyl sites for hydroxylation is 2. The van der Waals surface area contributed by atoms with Gasteiger partial charge in [0.05, 0.1) is 18.2 Å². The van der Waals surface area contributed by atoms with Gasteiger partial charge in [0.25, 0.3) is 0 Å². The SMILES string of the molecule is CCOC(=O)C1=C(CN2CCN(c3ccc(C)cc3C)CC2)NC(=O)NC1c1ccc(F)cc1. The van der Waals surface area contributed by atoms with Gasteiger partial charge in [0, 0.05) is 44.1 Å². The van der Waals surface area contributed by atoms with Crippen LogP contribution >= 0.6 is 0 Å². The van der Waals surface area contributed by atoms with Crippen molar-refractivity contribution in [1.29, 1.82) is 0 Å². The molecule has 1 unspecified atom stereocenters. The number of anilines is 1. The molecule has 2 aromatic rings. The van der Waals surface area contributed by atoms with Crippen molar-refractivity contribution in [2.45, 2.75) is 26.8 Å². The fraction of sp³-hybridized carbons (Fsp3) is 0.385. The number of nitrogens with zero attached hydrogens (tertiary/aromatic N) is 2. The standard InChI is InChI=1S/C26H31FN4O3/c1-4-34-25(32)23-21(28-26(33)29-24(23)19-6-8-20(27)9-7-19)16-30-11-13-31(14-12-30)22-10-5-17(2)15-18(22)3/h5-10,15,24H,4,11-14,16H2,1-3H3,(H2,28,29,33). The predicted octanol–water partition coefficient (Wildman–Crippen LogP) is 3.44. The van der Waals surface area contributed by atoms with Gasteiger partial charge >= 0.3 is 12.0 Å². The quantitative estimate of drug-likeness (QED) is 0.638. The van der Waals surface area contributed by atoms with Gasteiger partial charge in [-0.1, -0.05) is 29.8 Å². The first kappa shape index (κ1) is 23.8. The fourth-order valence-corrected chi connectivity index (χ4v) is 4.63. The number of esters is 1. The van der Waals surface area contributed by atoms with Crippen molar-refractivity contribution < 1.29 is 18.7 Å². The van der Waals surface area contributed by atoms with Crippen LogP contribution in [0, 0.1) is 19.7 Å². The minimum absolute atomic E-state index is 0.217. The number of carbonyl (C=O) groups excluding carboxylic acids is 2. The highest BCUT2D eigenvalue weighted by atomic mass is 19.1. The van der Waals surface area contributed by atoms with Gasteiger partial charge in [-0.05, 0) is 50.1 Å². The molecule has 2 heterocycles. The van der Waals surface area contributed by atoms with Crippen LogP contribution in [0.4, 0.5) is 14.9 Å². The number of urea groups is 1. The summed E-state index contributed by atoms with van der Waals surface area (Å²) in [4.78, 5) is 30.0. The van der Waals surface area contributed by atoms with Gasteiger partial charge in [0.15, 0.2) is 0 Å². The molecule has 1 fully saturated rings. The third-order valence-electron chi connectivity index (χ3n) is 6.30. The van der Waals surface area contributed by atoms with Gasteiger partial charge in [-0.2, -0.15) is 0 Å². The zero-order chi connectivity index (χ0) is 24.2. The van der Waals surface area contributed by atoms with Crippen molar-refractivity contribution >= 4 is 17.7 Å². The van der Waals surface area contributed by atoms with Gasteiger partial charge in [-0.3, -0.25) is 4.90 Å². The third kappa shape index (κ3) is 5.22. The number of hydrogen-bond acceptors (Lipinski definition) is 5. The summed E-state index contributed by atoms with van der Waals surface area (Å²) in [5.74, 6) is -0.874. The Morgan fingerprint density at radius 3 is 2.44 bits per heavy atom. The van der Waals surface area contributed by atoms with E-state index in [1.54, 1.807) is 19.1 Å². The first-order valence-electron chi connectivity index (χ1n) is 11.6. The monoisotopic (exact) mass is 466 g/mol. The van der Waals surface area contributed by atoms with Crippen LogP contribution in [0.15, 0.2) is 53.7 Å². The highest BCUT2D eigenvalue weighted by Crippen LogP contribution is 2.29. The lowest BCUT2D eigenvalue weighted by Crippen LogP contribution is -2.52. The normalized spacial score (nSPS) is 19.0. The third-order valence-corrected chi connectivity index (χ3v) is 6.30. The van der Waals surface area contributed by atoms with Crippen molar-refractivity contribution in [2.24, 2.45) is 0 Å². The van der Waals surface area contributed by atoms with Crippen LogP contribution in [0.1, 0.15) is 29.7 Å². The Balaban J connectivity index is 1.55. The van der Waals surface area contributed by atoms with Crippen molar-refractivity contribution in [1.82, 2.24) is 15.5 Å². The Morgan fingerprint density at radius 1 is 1.09 bits per heavy atom. The fourth-order valence-electron chi connectivity index (χ4n) is 4.63. The molecule has 0 aromatic heterocycles. The van der Waals surface area contributed by atoms with E-state index >= 15 is 0 Å². The summed E-state index contributed by atoms with van der Waals surface area (Å²) in [5, 5.41) is 5.61. The summed E-state index contributed by atoms with van der Waals surface area (Å²) in [6.07, 6.45) is 0. The number of piperazine rings is 1. The van der Waals surface area contributed by atoms with E-state index in [2.05, 4.69) is 52.5 Å². The minimum Gasteiger partial charge on any atom is -0.463 e. The van der Waals surface area contributed by atoms with Gasteiger partial charge in [-0.25, -0.2) is 14.0 Å².